The van der Waals surface area contributed by atoms with Crippen LogP contribution in [-0.2, 0) is 6.54 Å². The second-order valence-electron chi connectivity index (χ2n) is 6.45. The van der Waals surface area contributed by atoms with E-state index in [1.54, 1.807) is 14.2 Å². The van der Waals surface area contributed by atoms with Crippen molar-refractivity contribution >= 4 is 16.8 Å². The molecule has 1 saturated heterocycles. The molecule has 24 heavy (non-hydrogen) atoms. The Bertz CT molecular complexity index is 730. The summed E-state index contributed by atoms with van der Waals surface area (Å²) in [5, 5.41) is 3.73. The molecule has 1 aliphatic rings. The molecule has 2 aromatic rings. The molecule has 0 spiro atoms. The number of piperidine rings is 1. The molecule has 1 aromatic heterocycles. The van der Waals surface area contributed by atoms with Crippen LogP contribution < -0.4 is 10.1 Å². The predicted octanol–water partition coefficient (Wildman–Crippen LogP) is 2.80. The van der Waals surface area contributed by atoms with Crippen LogP contribution in [0.5, 0.6) is 5.75 Å². The summed E-state index contributed by atoms with van der Waals surface area (Å²) in [5.41, 5.74) is 2.78. The number of methoxy groups -OCH3 is 1. The Morgan fingerprint density at radius 1 is 1.21 bits per heavy atom. The summed E-state index contributed by atoms with van der Waals surface area (Å²) in [6.07, 6.45) is 3.92. The van der Waals surface area contributed by atoms with Crippen molar-refractivity contribution in [2.24, 2.45) is 0 Å². The van der Waals surface area contributed by atoms with Gasteiger partial charge in [0.15, 0.2) is 0 Å². The van der Waals surface area contributed by atoms with Crippen molar-refractivity contribution in [3.63, 3.8) is 0 Å². The number of carbonyl (C=O) groups is 1. The molecule has 1 aromatic carbocycles. The van der Waals surface area contributed by atoms with Crippen molar-refractivity contribution < 1.29 is 9.53 Å². The molecule has 5 heteroatoms. The second kappa shape index (κ2) is 7.26. The molecule has 3 rings (SSSR count). The number of nitrogens with zero attached hydrogens (tertiary/aromatic N) is 2. The highest BCUT2D eigenvalue weighted by Crippen LogP contribution is 2.32. The molecule has 0 saturated carbocycles. The molecule has 0 bridgehead atoms. The van der Waals surface area contributed by atoms with Crippen molar-refractivity contribution in [3.05, 3.63) is 29.5 Å². The minimum atomic E-state index is -0.0394. The highest BCUT2D eigenvalue weighted by Gasteiger charge is 2.22. The van der Waals surface area contributed by atoms with E-state index < -0.39 is 0 Å². The van der Waals surface area contributed by atoms with Gasteiger partial charge in [-0.25, -0.2) is 0 Å². The van der Waals surface area contributed by atoms with Gasteiger partial charge in [-0.05, 0) is 38.9 Å². The van der Waals surface area contributed by atoms with Crippen LogP contribution in [0.3, 0.4) is 0 Å². The van der Waals surface area contributed by atoms with Crippen molar-refractivity contribution in [3.8, 4) is 5.75 Å². The zero-order valence-electron chi connectivity index (χ0n) is 14.9. The number of hydrogen-bond acceptors (Lipinski definition) is 3. The summed E-state index contributed by atoms with van der Waals surface area (Å²) >= 11 is 0. The molecule has 1 amide bonds. The number of benzene rings is 1. The monoisotopic (exact) mass is 329 g/mol. The lowest BCUT2D eigenvalue weighted by atomic mass is 10.1. The smallest absolute Gasteiger partial charge is 0.253 e. The predicted molar refractivity (Wildman–Crippen MR) is 96.9 cm³/mol. The molecule has 0 unspecified atom stereocenters. The van der Waals surface area contributed by atoms with Crippen molar-refractivity contribution in [1.29, 1.82) is 0 Å². The Labute approximate surface area is 143 Å². The summed E-state index contributed by atoms with van der Waals surface area (Å²) in [5.74, 6) is 0.784. The Hall–Kier alpha value is -2.01. The van der Waals surface area contributed by atoms with Gasteiger partial charge < -0.3 is 19.5 Å². The lowest BCUT2D eigenvalue weighted by molar-refractivity contribution is 0.0964. The number of ether oxygens (including phenoxy) is 1. The van der Waals surface area contributed by atoms with Gasteiger partial charge in [0.2, 0.25) is 0 Å². The van der Waals surface area contributed by atoms with Gasteiger partial charge in [-0.15, -0.1) is 0 Å². The van der Waals surface area contributed by atoms with Gasteiger partial charge in [0.05, 0.1) is 18.2 Å². The molecule has 1 N–H and O–H groups in total. The maximum atomic E-state index is 12.4. The standard InChI is InChI=1S/C19H27N3O2/c1-14-17(19(23)20-2)15-8-7-9-16(24-3)18(15)22(14)13-12-21-10-5-4-6-11-21/h7-9H,4-6,10-13H2,1-3H3,(H,20,23). The molecule has 130 valence electrons. The molecule has 0 aliphatic carbocycles. The summed E-state index contributed by atoms with van der Waals surface area (Å²) in [6.45, 7) is 6.27. The van der Waals surface area contributed by atoms with Gasteiger partial charge in [-0.1, -0.05) is 18.6 Å². The third-order valence-electron chi connectivity index (χ3n) is 5.07. The first kappa shape index (κ1) is 16.8. The molecule has 0 radical (unpaired) electrons. The normalized spacial score (nSPS) is 15.6. The van der Waals surface area contributed by atoms with Crippen LogP contribution in [0.15, 0.2) is 18.2 Å². The van der Waals surface area contributed by atoms with E-state index in [-0.39, 0.29) is 5.91 Å². The van der Waals surface area contributed by atoms with Gasteiger partial charge in [0.25, 0.3) is 5.91 Å². The minimum Gasteiger partial charge on any atom is -0.495 e. The fraction of sp³-hybridized carbons (Fsp3) is 0.526. The molecule has 5 nitrogen and oxygen atoms in total. The lowest BCUT2D eigenvalue weighted by Crippen LogP contribution is -2.32. The average Bonchev–Trinajstić information content (AvgIpc) is 2.91. The van der Waals surface area contributed by atoms with Crippen molar-refractivity contribution in [1.82, 2.24) is 14.8 Å². The fourth-order valence-electron chi connectivity index (χ4n) is 3.78. The maximum absolute atomic E-state index is 12.4. The fourth-order valence-corrected chi connectivity index (χ4v) is 3.78. The summed E-state index contributed by atoms with van der Waals surface area (Å²) in [7, 11) is 3.37. The molecular formula is C19H27N3O2. The van der Waals surface area contributed by atoms with E-state index in [9.17, 15) is 4.79 Å². The van der Waals surface area contributed by atoms with E-state index in [0.717, 1.165) is 41.0 Å². The maximum Gasteiger partial charge on any atom is 0.253 e. The first-order valence-corrected chi connectivity index (χ1v) is 8.77. The zero-order valence-corrected chi connectivity index (χ0v) is 14.9. The van der Waals surface area contributed by atoms with Crippen molar-refractivity contribution in [2.75, 3.05) is 33.8 Å². The van der Waals surface area contributed by atoms with E-state index >= 15 is 0 Å². The van der Waals surface area contributed by atoms with E-state index in [1.807, 2.05) is 25.1 Å². The quantitative estimate of drug-likeness (QED) is 0.917. The van der Waals surface area contributed by atoms with E-state index in [0.29, 0.717) is 0 Å². The molecule has 1 fully saturated rings. The first-order valence-electron chi connectivity index (χ1n) is 8.77. The third kappa shape index (κ3) is 3.00. The molecule has 1 aliphatic heterocycles. The molecular weight excluding hydrogens is 302 g/mol. The van der Waals surface area contributed by atoms with Crippen LogP contribution in [0, 0.1) is 6.92 Å². The van der Waals surface area contributed by atoms with Crippen LogP contribution >= 0.6 is 0 Å². The Balaban J connectivity index is 2.01. The highest BCUT2D eigenvalue weighted by molar-refractivity contribution is 6.09. The van der Waals surface area contributed by atoms with Gasteiger partial charge in [-0.2, -0.15) is 0 Å². The zero-order chi connectivity index (χ0) is 17.1. The van der Waals surface area contributed by atoms with Gasteiger partial charge >= 0.3 is 0 Å². The molecule has 2 heterocycles. The van der Waals surface area contributed by atoms with Gasteiger partial charge in [0.1, 0.15) is 5.75 Å². The van der Waals surface area contributed by atoms with E-state index in [2.05, 4.69) is 14.8 Å². The molecule has 0 atom stereocenters. The SMILES string of the molecule is CNC(=O)c1c(C)n(CCN2CCCCC2)c2c(OC)cccc12. The summed E-state index contributed by atoms with van der Waals surface area (Å²) < 4.78 is 7.82. The van der Waals surface area contributed by atoms with Crippen LogP contribution in [0.2, 0.25) is 0 Å². The minimum absolute atomic E-state index is 0.0394. The second-order valence-corrected chi connectivity index (χ2v) is 6.45. The third-order valence-corrected chi connectivity index (χ3v) is 5.07. The Morgan fingerprint density at radius 3 is 2.62 bits per heavy atom. The van der Waals surface area contributed by atoms with Gasteiger partial charge in [-0.3, -0.25) is 4.79 Å². The number of hydrogen-bond donors (Lipinski definition) is 1. The number of carbonyl (C=O) groups excluding carboxylic acids is 1. The first-order chi connectivity index (χ1) is 11.7. The number of rotatable bonds is 5. The Kier molecular flexibility index (Phi) is 5.09. The lowest BCUT2D eigenvalue weighted by Gasteiger charge is -2.27. The largest absolute Gasteiger partial charge is 0.495 e. The summed E-state index contributed by atoms with van der Waals surface area (Å²) in [6, 6.07) is 5.92. The number of amides is 1. The number of nitrogens with one attached hydrogen (secondary N) is 1. The average molecular weight is 329 g/mol. The van der Waals surface area contributed by atoms with Crippen LogP contribution in [0.1, 0.15) is 35.3 Å². The van der Waals surface area contributed by atoms with E-state index in [1.165, 1.54) is 32.4 Å². The van der Waals surface area contributed by atoms with Gasteiger partial charge in [0, 0.05) is 31.2 Å². The van der Waals surface area contributed by atoms with Crippen LogP contribution in [0.25, 0.3) is 10.9 Å². The number of likely N-dealkylation sites (tertiary alicyclic amines) is 1. The topological polar surface area (TPSA) is 46.5 Å². The van der Waals surface area contributed by atoms with Crippen LogP contribution in [-0.4, -0.2) is 49.2 Å². The summed E-state index contributed by atoms with van der Waals surface area (Å²) in [4.78, 5) is 14.9. The van der Waals surface area contributed by atoms with Crippen LogP contribution in [0.4, 0.5) is 0 Å². The number of para-hydroxylation sites is 1. The number of fused-ring (bicyclic) bond motifs is 1. The van der Waals surface area contributed by atoms with E-state index in [4.69, 9.17) is 4.74 Å². The van der Waals surface area contributed by atoms with Crippen molar-refractivity contribution in [2.45, 2.75) is 32.7 Å². The number of aromatic nitrogens is 1. The highest BCUT2D eigenvalue weighted by atomic mass is 16.5. The Morgan fingerprint density at radius 2 is 1.96 bits per heavy atom.